The van der Waals surface area contributed by atoms with E-state index in [-0.39, 0.29) is 12.1 Å². The van der Waals surface area contributed by atoms with Crippen LogP contribution >= 0.6 is 0 Å². The lowest BCUT2D eigenvalue weighted by Gasteiger charge is -2.08. The molecule has 0 fully saturated rings. The van der Waals surface area contributed by atoms with Crippen molar-refractivity contribution in [2.24, 2.45) is 0 Å². The van der Waals surface area contributed by atoms with E-state index in [0.717, 1.165) is 17.7 Å². The van der Waals surface area contributed by atoms with Crippen LogP contribution in [0.5, 0.6) is 17.2 Å². The smallest absolute Gasteiger partial charge is 0.338 e. The Morgan fingerprint density at radius 1 is 0.926 bits per heavy atom. The van der Waals surface area contributed by atoms with Crippen molar-refractivity contribution in [1.82, 2.24) is 5.32 Å². The van der Waals surface area contributed by atoms with E-state index in [4.69, 9.17) is 4.74 Å². The normalized spacial score (nSPS) is 10.1. The van der Waals surface area contributed by atoms with Gasteiger partial charge in [-0.25, -0.2) is 9.59 Å². The Bertz CT molecular complexity index is 837. The zero-order valence-corrected chi connectivity index (χ0v) is 14.3. The molecule has 0 saturated heterocycles. The largest absolute Gasteiger partial charge is 0.504 e. The molecule has 0 radical (unpaired) electrons. The van der Waals surface area contributed by atoms with Gasteiger partial charge in [0, 0.05) is 6.54 Å². The first kappa shape index (κ1) is 19.6. The first-order valence-electron chi connectivity index (χ1n) is 7.68. The maximum atomic E-state index is 11.8. The van der Waals surface area contributed by atoms with Gasteiger partial charge in [-0.05, 0) is 29.8 Å². The molecule has 142 valence electrons. The van der Waals surface area contributed by atoms with E-state index >= 15 is 0 Å². The molecule has 0 saturated carbocycles. The topological polar surface area (TPSA) is 142 Å². The summed E-state index contributed by atoms with van der Waals surface area (Å²) in [5, 5.41) is 30.5. The van der Waals surface area contributed by atoms with Crippen LogP contribution in [0.4, 0.5) is 0 Å². The van der Waals surface area contributed by atoms with Crippen molar-refractivity contribution in [2.75, 3.05) is 13.7 Å². The molecule has 9 nitrogen and oxygen atoms in total. The highest BCUT2D eigenvalue weighted by atomic mass is 16.5. The van der Waals surface area contributed by atoms with Crippen molar-refractivity contribution in [2.45, 2.75) is 6.54 Å². The highest BCUT2D eigenvalue weighted by molar-refractivity contribution is 5.92. The van der Waals surface area contributed by atoms with Gasteiger partial charge in [-0.3, -0.25) is 4.79 Å². The Morgan fingerprint density at radius 3 is 2.07 bits per heavy atom. The van der Waals surface area contributed by atoms with Crippen LogP contribution < -0.4 is 5.32 Å². The van der Waals surface area contributed by atoms with Gasteiger partial charge in [0.2, 0.25) is 0 Å². The van der Waals surface area contributed by atoms with Gasteiger partial charge in [0.25, 0.3) is 5.91 Å². The first-order valence-corrected chi connectivity index (χ1v) is 7.68. The zero-order valence-electron chi connectivity index (χ0n) is 14.3. The van der Waals surface area contributed by atoms with Gasteiger partial charge in [0.05, 0.1) is 18.2 Å². The fourth-order valence-corrected chi connectivity index (χ4v) is 2.06. The molecule has 9 heteroatoms. The molecule has 2 aromatic carbocycles. The SMILES string of the molecule is COC(=O)c1ccc(CNC(=O)COC(=O)c2cc(O)c(O)c(O)c2)cc1. The highest BCUT2D eigenvalue weighted by Gasteiger charge is 2.16. The van der Waals surface area contributed by atoms with Gasteiger partial charge in [0.15, 0.2) is 23.9 Å². The van der Waals surface area contributed by atoms with Crippen molar-refractivity contribution >= 4 is 17.8 Å². The van der Waals surface area contributed by atoms with Crippen molar-refractivity contribution < 1.29 is 39.2 Å². The van der Waals surface area contributed by atoms with Crippen LogP contribution in [-0.2, 0) is 20.8 Å². The molecule has 0 aliphatic carbocycles. The molecule has 0 heterocycles. The van der Waals surface area contributed by atoms with E-state index in [1.807, 2.05) is 0 Å². The quantitative estimate of drug-likeness (QED) is 0.434. The highest BCUT2D eigenvalue weighted by Crippen LogP contribution is 2.35. The minimum Gasteiger partial charge on any atom is -0.504 e. The van der Waals surface area contributed by atoms with Crippen molar-refractivity contribution in [3.63, 3.8) is 0 Å². The van der Waals surface area contributed by atoms with E-state index < -0.39 is 41.7 Å². The number of methoxy groups -OCH3 is 1. The predicted molar refractivity (Wildman–Crippen MR) is 91.3 cm³/mol. The minimum absolute atomic E-state index is 0.151. The second kappa shape index (κ2) is 8.56. The summed E-state index contributed by atoms with van der Waals surface area (Å²) in [6.45, 7) is -0.430. The number of hydrogen-bond acceptors (Lipinski definition) is 8. The number of hydrogen-bond donors (Lipinski definition) is 4. The Labute approximate surface area is 153 Å². The van der Waals surface area contributed by atoms with E-state index in [1.165, 1.54) is 7.11 Å². The lowest BCUT2D eigenvalue weighted by Crippen LogP contribution is -2.28. The number of ether oxygens (including phenoxy) is 2. The average Bonchev–Trinajstić information content (AvgIpc) is 2.67. The maximum Gasteiger partial charge on any atom is 0.338 e. The Balaban J connectivity index is 1.84. The minimum atomic E-state index is -0.960. The summed E-state index contributed by atoms with van der Waals surface area (Å²) in [6.07, 6.45) is 0. The van der Waals surface area contributed by atoms with Crippen LogP contribution in [0.1, 0.15) is 26.3 Å². The molecule has 4 N–H and O–H groups in total. The number of carbonyl (C=O) groups excluding carboxylic acids is 3. The van der Waals surface area contributed by atoms with Crippen LogP contribution in [0, 0.1) is 0 Å². The number of rotatable bonds is 6. The molecule has 1 amide bonds. The van der Waals surface area contributed by atoms with Crippen molar-refractivity contribution in [3.05, 3.63) is 53.1 Å². The number of esters is 2. The Kier molecular flexibility index (Phi) is 6.21. The van der Waals surface area contributed by atoms with Gasteiger partial charge >= 0.3 is 11.9 Å². The second-order valence-electron chi connectivity index (χ2n) is 5.40. The number of nitrogens with one attached hydrogen (secondary N) is 1. The van der Waals surface area contributed by atoms with Crippen LogP contribution in [0.25, 0.3) is 0 Å². The molecule has 0 aromatic heterocycles. The summed E-state index contributed by atoms with van der Waals surface area (Å²) in [5.74, 6) is -4.15. The summed E-state index contributed by atoms with van der Waals surface area (Å²) in [5.41, 5.74) is 0.867. The lowest BCUT2D eigenvalue weighted by molar-refractivity contribution is -0.124. The van der Waals surface area contributed by atoms with Crippen LogP contribution in [0.15, 0.2) is 36.4 Å². The monoisotopic (exact) mass is 375 g/mol. The lowest BCUT2D eigenvalue weighted by atomic mass is 10.1. The molecule has 2 rings (SSSR count). The van der Waals surface area contributed by atoms with E-state index in [0.29, 0.717) is 5.56 Å². The number of carbonyl (C=O) groups is 3. The molecular formula is C18H17NO8. The predicted octanol–water partition coefficient (Wildman–Crippen LogP) is 1.06. The maximum absolute atomic E-state index is 11.8. The van der Waals surface area contributed by atoms with Crippen molar-refractivity contribution in [1.29, 1.82) is 0 Å². The standard InChI is InChI=1S/C18H17NO8/c1-26-17(24)11-4-2-10(3-5-11)8-19-15(22)9-27-18(25)12-6-13(20)16(23)14(21)7-12/h2-7,20-21,23H,8-9H2,1H3,(H,19,22). The van der Waals surface area contributed by atoms with Crippen LogP contribution in [0.2, 0.25) is 0 Å². The van der Waals surface area contributed by atoms with Gasteiger partial charge in [-0.1, -0.05) is 12.1 Å². The van der Waals surface area contributed by atoms with E-state index in [9.17, 15) is 29.7 Å². The summed E-state index contributed by atoms with van der Waals surface area (Å²) in [6, 6.07) is 8.19. The molecule has 27 heavy (non-hydrogen) atoms. The fraction of sp³-hybridized carbons (Fsp3) is 0.167. The summed E-state index contributed by atoms with van der Waals surface area (Å²) < 4.78 is 9.36. The molecule has 0 unspecified atom stereocenters. The van der Waals surface area contributed by atoms with E-state index in [1.54, 1.807) is 24.3 Å². The zero-order chi connectivity index (χ0) is 20.0. The Hall–Kier alpha value is -3.75. The molecule has 2 aromatic rings. The number of aromatic hydroxyl groups is 3. The second-order valence-corrected chi connectivity index (χ2v) is 5.40. The molecular weight excluding hydrogens is 358 g/mol. The van der Waals surface area contributed by atoms with Crippen molar-refractivity contribution in [3.8, 4) is 17.2 Å². The third kappa shape index (κ3) is 5.11. The van der Waals surface area contributed by atoms with Gasteiger partial charge in [-0.15, -0.1) is 0 Å². The molecule has 0 spiro atoms. The molecule has 0 bridgehead atoms. The van der Waals surface area contributed by atoms with Gasteiger partial charge < -0.3 is 30.1 Å². The third-order valence-electron chi connectivity index (χ3n) is 3.50. The number of amides is 1. The third-order valence-corrected chi connectivity index (χ3v) is 3.50. The fourth-order valence-electron chi connectivity index (χ4n) is 2.06. The molecule has 0 aliphatic rings. The number of phenols is 3. The summed E-state index contributed by atoms with van der Waals surface area (Å²) in [4.78, 5) is 34.9. The summed E-state index contributed by atoms with van der Waals surface area (Å²) in [7, 11) is 1.28. The van der Waals surface area contributed by atoms with Crippen LogP contribution in [-0.4, -0.2) is 46.9 Å². The molecule has 0 atom stereocenters. The first-order chi connectivity index (χ1) is 12.8. The number of phenolic OH excluding ortho intramolecular Hbond substituents is 3. The summed E-state index contributed by atoms with van der Waals surface area (Å²) >= 11 is 0. The average molecular weight is 375 g/mol. The Morgan fingerprint density at radius 2 is 1.52 bits per heavy atom. The molecule has 0 aliphatic heterocycles. The van der Waals surface area contributed by atoms with E-state index in [2.05, 4.69) is 10.1 Å². The number of benzene rings is 2. The van der Waals surface area contributed by atoms with Gasteiger partial charge in [0.1, 0.15) is 0 Å². The van der Waals surface area contributed by atoms with Crippen LogP contribution in [0.3, 0.4) is 0 Å². The van der Waals surface area contributed by atoms with Gasteiger partial charge in [-0.2, -0.15) is 0 Å².